The van der Waals surface area contributed by atoms with Crippen molar-refractivity contribution in [2.75, 3.05) is 6.61 Å². The summed E-state index contributed by atoms with van der Waals surface area (Å²) in [6.07, 6.45) is 5.63. The first-order chi connectivity index (χ1) is 7.79. The van der Waals surface area contributed by atoms with Gasteiger partial charge in [0.05, 0.1) is 6.20 Å². The number of nitrogens with zero attached hydrogens (tertiary/aromatic N) is 2. The first-order valence-corrected chi connectivity index (χ1v) is 5.48. The Morgan fingerprint density at radius 1 is 1.19 bits per heavy atom. The van der Waals surface area contributed by atoms with Gasteiger partial charge in [-0.05, 0) is 24.0 Å². The van der Waals surface area contributed by atoms with E-state index in [1.807, 2.05) is 19.4 Å². The minimum Gasteiger partial charge on any atom is -0.396 e. The molecule has 0 aliphatic rings. The zero-order chi connectivity index (χ0) is 11.4. The second-order valence-electron chi connectivity index (χ2n) is 3.93. The summed E-state index contributed by atoms with van der Waals surface area (Å²) >= 11 is 0. The summed E-state index contributed by atoms with van der Waals surface area (Å²) in [5.41, 5.74) is 3.58. The van der Waals surface area contributed by atoms with Gasteiger partial charge in [0.2, 0.25) is 0 Å². The van der Waals surface area contributed by atoms with Crippen LogP contribution in [-0.4, -0.2) is 21.5 Å². The number of aliphatic hydroxyl groups excluding tert-OH is 1. The van der Waals surface area contributed by atoms with Crippen LogP contribution in [0.5, 0.6) is 0 Å². The van der Waals surface area contributed by atoms with Crippen LogP contribution in [0.15, 0.2) is 36.7 Å². The van der Waals surface area contributed by atoms with E-state index in [0.717, 1.165) is 18.4 Å². The maximum atomic E-state index is 8.75. The number of aromatic nitrogens is 2. The summed E-state index contributed by atoms with van der Waals surface area (Å²) in [7, 11) is 1.92. The van der Waals surface area contributed by atoms with E-state index in [-0.39, 0.29) is 6.61 Å². The topological polar surface area (TPSA) is 38.0 Å². The SMILES string of the molecule is Cn1cc(-c2ccc(CCCO)cc2)cn1. The lowest BCUT2D eigenvalue weighted by Gasteiger charge is -2.01. The Morgan fingerprint density at radius 3 is 2.50 bits per heavy atom. The molecule has 0 amide bonds. The van der Waals surface area contributed by atoms with E-state index < -0.39 is 0 Å². The van der Waals surface area contributed by atoms with Crippen LogP contribution in [0.1, 0.15) is 12.0 Å². The predicted octanol–water partition coefficient (Wildman–Crippen LogP) is 2.01. The number of benzene rings is 1. The molecule has 3 nitrogen and oxygen atoms in total. The molecule has 0 fully saturated rings. The van der Waals surface area contributed by atoms with Gasteiger partial charge in [0.25, 0.3) is 0 Å². The van der Waals surface area contributed by atoms with E-state index in [0.29, 0.717) is 0 Å². The van der Waals surface area contributed by atoms with E-state index in [1.165, 1.54) is 11.1 Å². The van der Waals surface area contributed by atoms with Crippen molar-refractivity contribution in [3.05, 3.63) is 42.2 Å². The Hall–Kier alpha value is -1.61. The number of hydrogen-bond acceptors (Lipinski definition) is 2. The van der Waals surface area contributed by atoms with Crippen molar-refractivity contribution in [1.29, 1.82) is 0 Å². The van der Waals surface area contributed by atoms with Crippen molar-refractivity contribution in [3.8, 4) is 11.1 Å². The average molecular weight is 216 g/mol. The van der Waals surface area contributed by atoms with Crippen molar-refractivity contribution in [2.45, 2.75) is 12.8 Å². The quantitative estimate of drug-likeness (QED) is 0.849. The van der Waals surface area contributed by atoms with Crippen LogP contribution in [0, 0.1) is 0 Å². The number of aryl methyl sites for hydroxylation is 2. The second-order valence-corrected chi connectivity index (χ2v) is 3.93. The Morgan fingerprint density at radius 2 is 1.94 bits per heavy atom. The molecule has 0 aliphatic carbocycles. The Labute approximate surface area is 95.3 Å². The molecule has 3 heteroatoms. The predicted molar refractivity (Wildman–Crippen MR) is 64.1 cm³/mol. The van der Waals surface area contributed by atoms with E-state index in [4.69, 9.17) is 5.11 Å². The monoisotopic (exact) mass is 216 g/mol. The molecule has 0 atom stereocenters. The fourth-order valence-electron chi connectivity index (χ4n) is 1.72. The van der Waals surface area contributed by atoms with Crippen LogP contribution in [-0.2, 0) is 13.5 Å². The highest BCUT2D eigenvalue weighted by Gasteiger charge is 2.00. The Bertz CT molecular complexity index is 445. The van der Waals surface area contributed by atoms with Crippen molar-refractivity contribution < 1.29 is 5.11 Å². The van der Waals surface area contributed by atoms with Gasteiger partial charge >= 0.3 is 0 Å². The molecule has 84 valence electrons. The average Bonchev–Trinajstić information content (AvgIpc) is 2.74. The molecule has 2 aromatic rings. The summed E-state index contributed by atoms with van der Waals surface area (Å²) in [6.45, 7) is 0.254. The molecule has 1 aromatic carbocycles. The maximum Gasteiger partial charge on any atom is 0.0568 e. The number of rotatable bonds is 4. The molecule has 0 aliphatic heterocycles. The van der Waals surface area contributed by atoms with Crippen LogP contribution >= 0.6 is 0 Å². The van der Waals surface area contributed by atoms with Gasteiger partial charge in [0, 0.05) is 25.4 Å². The molecule has 0 spiro atoms. The van der Waals surface area contributed by atoms with E-state index >= 15 is 0 Å². The Balaban J connectivity index is 2.13. The molecular formula is C13H16N2O. The molecule has 0 saturated carbocycles. The first kappa shape index (κ1) is 10.9. The molecule has 1 N–H and O–H groups in total. The molecule has 0 radical (unpaired) electrons. The van der Waals surface area contributed by atoms with Crippen molar-refractivity contribution in [3.63, 3.8) is 0 Å². The Kier molecular flexibility index (Phi) is 3.37. The third-order valence-corrected chi connectivity index (χ3v) is 2.62. The van der Waals surface area contributed by atoms with E-state index in [9.17, 15) is 0 Å². The van der Waals surface area contributed by atoms with E-state index in [2.05, 4.69) is 29.4 Å². The molecule has 0 bridgehead atoms. The van der Waals surface area contributed by atoms with Gasteiger partial charge in [0.15, 0.2) is 0 Å². The van der Waals surface area contributed by atoms with Gasteiger partial charge in [-0.2, -0.15) is 5.10 Å². The van der Waals surface area contributed by atoms with Gasteiger partial charge < -0.3 is 5.11 Å². The summed E-state index contributed by atoms with van der Waals surface area (Å²) in [4.78, 5) is 0. The van der Waals surface area contributed by atoms with Gasteiger partial charge in [0.1, 0.15) is 0 Å². The third kappa shape index (κ3) is 2.49. The lowest BCUT2D eigenvalue weighted by Crippen LogP contribution is -1.89. The van der Waals surface area contributed by atoms with Crippen LogP contribution in [0.25, 0.3) is 11.1 Å². The lowest BCUT2D eigenvalue weighted by molar-refractivity contribution is 0.288. The summed E-state index contributed by atoms with van der Waals surface area (Å²) in [6, 6.07) is 8.42. The van der Waals surface area contributed by atoms with E-state index in [1.54, 1.807) is 4.68 Å². The first-order valence-electron chi connectivity index (χ1n) is 5.48. The largest absolute Gasteiger partial charge is 0.396 e. The molecule has 1 aromatic heterocycles. The van der Waals surface area contributed by atoms with Crippen molar-refractivity contribution >= 4 is 0 Å². The highest BCUT2D eigenvalue weighted by molar-refractivity contribution is 5.61. The fourth-order valence-corrected chi connectivity index (χ4v) is 1.72. The van der Waals surface area contributed by atoms with Crippen LogP contribution in [0.3, 0.4) is 0 Å². The number of aliphatic hydroxyl groups is 1. The van der Waals surface area contributed by atoms with Gasteiger partial charge in [-0.1, -0.05) is 24.3 Å². The fraction of sp³-hybridized carbons (Fsp3) is 0.308. The van der Waals surface area contributed by atoms with Crippen molar-refractivity contribution in [1.82, 2.24) is 9.78 Å². The molecule has 16 heavy (non-hydrogen) atoms. The summed E-state index contributed by atoms with van der Waals surface area (Å²) in [5, 5.41) is 12.9. The number of hydrogen-bond donors (Lipinski definition) is 1. The van der Waals surface area contributed by atoms with Crippen LogP contribution in [0.4, 0.5) is 0 Å². The normalized spacial score (nSPS) is 10.6. The van der Waals surface area contributed by atoms with Gasteiger partial charge in [-0.25, -0.2) is 0 Å². The zero-order valence-electron chi connectivity index (χ0n) is 9.43. The van der Waals surface area contributed by atoms with Gasteiger partial charge in [-0.15, -0.1) is 0 Å². The highest BCUT2D eigenvalue weighted by Crippen LogP contribution is 2.19. The molecule has 2 rings (SSSR count). The van der Waals surface area contributed by atoms with Crippen LogP contribution in [0.2, 0.25) is 0 Å². The lowest BCUT2D eigenvalue weighted by atomic mass is 10.0. The summed E-state index contributed by atoms with van der Waals surface area (Å²) in [5.74, 6) is 0. The smallest absolute Gasteiger partial charge is 0.0568 e. The molecule has 0 unspecified atom stereocenters. The van der Waals surface area contributed by atoms with Gasteiger partial charge in [-0.3, -0.25) is 4.68 Å². The highest BCUT2D eigenvalue weighted by atomic mass is 16.2. The minimum atomic E-state index is 0.254. The van der Waals surface area contributed by atoms with Crippen LogP contribution < -0.4 is 0 Å². The second kappa shape index (κ2) is 4.94. The molecular weight excluding hydrogens is 200 g/mol. The standard InChI is InChI=1S/C13H16N2O/c1-15-10-13(9-14-15)12-6-4-11(5-7-12)3-2-8-16/h4-7,9-10,16H,2-3,8H2,1H3. The zero-order valence-corrected chi connectivity index (χ0v) is 9.43. The maximum absolute atomic E-state index is 8.75. The summed E-state index contributed by atoms with van der Waals surface area (Å²) < 4.78 is 1.80. The minimum absolute atomic E-state index is 0.254. The molecule has 1 heterocycles. The van der Waals surface area contributed by atoms with Crippen molar-refractivity contribution in [2.24, 2.45) is 7.05 Å². The third-order valence-electron chi connectivity index (χ3n) is 2.62. The molecule has 0 saturated heterocycles.